The van der Waals surface area contributed by atoms with Gasteiger partial charge in [-0.1, -0.05) is 27.2 Å². The first-order valence-electron chi connectivity index (χ1n) is 5.39. The van der Waals surface area contributed by atoms with Gasteiger partial charge in [-0.15, -0.1) is 0 Å². The van der Waals surface area contributed by atoms with Gasteiger partial charge in [0, 0.05) is 0 Å². The molecule has 0 N–H and O–H groups in total. The quantitative estimate of drug-likeness (QED) is 0.744. The van der Waals surface area contributed by atoms with Crippen LogP contribution in [0.2, 0.25) is 0 Å². The van der Waals surface area contributed by atoms with Crippen LogP contribution >= 0.6 is 0 Å². The zero-order valence-corrected chi connectivity index (χ0v) is 9.56. The molecule has 84 valence electrons. The van der Waals surface area contributed by atoms with E-state index < -0.39 is 0 Å². The Bertz CT molecular complexity index is 320. The molecule has 1 aromatic rings. The highest BCUT2D eigenvalue weighted by Crippen LogP contribution is 2.06. The summed E-state index contributed by atoms with van der Waals surface area (Å²) in [7, 11) is 0. The number of aryl methyl sites for hydroxylation is 1. The largest absolute Gasteiger partial charge is 0.336 e. The normalized spacial score (nSPS) is 12.5. The van der Waals surface area contributed by atoms with Gasteiger partial charge in [0.05, 0.1) is 18.3 Å². The molecule has 1 unspecified atom stereocenters. The van der Waals surface area contributed by atoms with Crippen molar-refractivity contribution >= 4 is 5.97 Å². The van der Waals surface area contributed by atoms with Crippen LogP contribution in [0.5, 0.6) is 0 Å². The van der Waals surface area contributed by atoms with Crippen molar-refractivity contribution in [2.45, 2.75) is 40.0 Å². The molecular weight excluding hydrogens is 192 g/mol. The fourth-order valence-electron chi connectivity index (χ4n) is 1.16. The van der Waals surface area contributed by atoms with Crippen molar-refractivity contribution in [3.05, 3.63) is 18.2 Å². The van der Waals surface area contributed by atoms with Crippen LogP contribution < -0.4 is 4.84 Å². The minimum absolute atomic E-state index is 0.204. The van der Waals surface area contributed by atoms with Crippen LogP contribution in [0.4, 0.5) is 0 Å². The van der Waals surface area contributed by atoms with Gasteiger partial charge in [-0.2, -0.15) is 4.73 Å². The third-order valence-corrected chi connectivity index (χ3v) is 2.40. The van der Waals surface area contributed by atoms with Crippen molar-refractivity contribution in [2.24, 2.45) is 5.92 Å². The lowest BCUT2D eigenvalue weighted by Crippen LogP contribution is -2.20. The van der Waals surface area contributed by atoms with Gasteiger partial charge in [0.25, 0.3) is 0 Å². The number of rotatable bonds is 5. The first kappa shape index (κ1) is 11.8. The molecule has 15 heavy (non-hydrogen) atoms. The third-order valence-electron chi connectivity index (χ3n) is 2.40. The van der Waals surface area contributed by atoms with Crippen molar-refractivity contribution < 1.29 is 9.63 Å². The number of hydrogen-bond acceptors (Lipinski definition) is 3. The van der Waals surface area contributed by atoms with E-state index in [9.17, 15) is 4.79 Å². The van der Waals surface area contributed by atoms with Crippen molar-refractivity contribution in [3.63, 3.8) is 0 Å². The van der Waals surface area contributed by atoms with E-state index in [2.05, 4.69) is 11.9 Å². The average Bonchev–Trinajstić information content (AvgIpc) is 2.65. The molecule has 0 aromatic carbocycles. The van der Waals surface area contributed by atoms with Crippen LogP contribution in [0.1, 0.15) is 39.3 Å². The van der Waals surface area contributed by atoms with Crippen LogP contribution in [0.25, 0.3) is 0 Å². The molecule has 1 rings (SSSR count). The minimum atomic E-state index is -0.204. The summed E-state index contributed by atoms with van der Waals surface area (Å²) in [5.74, 6) is 0.163. The van der Waals surface area contributed by atoms with E-state index in [4.69, 9.17) is 4.84 Å². The van der Waals surface area contributed by atoms with Crippen molar-refractivity contribution in [1.29, 1.82) is 0 Å². The molecule has 0 aliphatic rings. The summed E-state index contributed by atoms with van der Waals surface area (Å²) in [5, 5.41) is 0. The number of carbonyl (C=O) groups excluding carboxylic acids is 1. The van der Waals surface area contributed by atoms with Crippen LogP contribution in [0.15, 0.2) is 12.5 Å². The molecular formula is C11H18N2O2. The second kappa shape index (κ2) is 5.53. The number of carbonyl (C=O) groups is 1. The molecule has 1 heterocycles. The summed E-state index contributed by atoms with van der Waals surface area (Å²) in [6.07, 6.45) is 5.53. The molecule has 0 spiro atoms. The molecule has 0 saturated heterocycles. The highest BCUT2D eigenvalue weighted by Gasteiger charge is 2.09. The lowest BCUT2D eigenvalue weighted by Gasteiger charge is -2.07. The Labute approximate surface area is 90.2 Å². The average molecular weight is 210 g/mol. The van der Waals surface area contributed by atoms with Crippen molar-refractivity contribution in [2.75, 3.05) is 0 Å². The van der Waals surface area contributed by atoms with E-state index in [0.29, 0.717) is 12.3 Å². The minimum Gasteiger partial charge on any atom is -0.336 e. The Morgan fingerprint density at radius 3 is 2.87 bits per heavy atom. The zero-order valence-electron chi connectivity index (χ0n) is 9.56. The molecule has 0 fully saturated rings. The first-order chi connectivity index (χ1) is 7.15. The van der Waals surface area contributed by atoms with Gasteiger partial charge < -0.3 is 4.84 Å². The highest BCUT2D eigenvalue weighted by molar-refractivity contribution is 5.69. The van der Waals surface area contributed by atoms with Crippen LogP contribution in [0.3, 0.4) is 0 Å². The van der Waals surface area contributed by atoms with E-state index in [1.54, 1.807) is 6.20 Å². The van der Waals surface area contributed by atoms with Gasteiger partial charge >= 0.3 is 5.97 Å². The number of hydrogen-bond donors (Lipinski definition) is 0. The monoisotopic (exact) mass is 210 g/mol. The lowest BCUT2D eigenvalue weighted by atomic mass is 10.1. The van der Waals surface area contributed by atoms with Gasteiger partial charge in [0.1, 0.15) is 6.33 Å². The van der Waals surface area contributed by atoms with E-state index in [-0.39, 0.29) is 5.97 Å². The summed E-state index contributed by atoms with van der Waals surface area (Å²) in [6.45, 7) is 6.10. The predicted octanol–water partition coefficient (Wildman–Crippen LogP) is 1.84. The van der Waals surface area contributed by atoms with Crippen molar-refractivity contribution in [3.8, 4) is 0 Å². The van der Waals surface area contributed by atoms with E-state index in [1.165, 1.54) is 11.1 Å². The maximum atomic E-state index is 11.4. The first-order valence-corrected chi connectivity index (χ1v) is 5.39. The van der Waals surface area contributed by atoms with Gasteiger partial charge in [-0.3, -0.25) is 0 Å². The molecule has 0 saturated carbocycles. The second-order valence-electron chi connectivity index (χ2n) is 3.76. The van der Waals surface area contributed by atoms with Crippen LogP contribution in [-0.2, 0) is 11.2 Å². The Hall–Kier alpha value is -1.32. The van der Waals surface area contributed by atoms with Gasteiger partial charge in [0.15, 0.2) is 0 Å². The SMILES string of the molecule is CCc1cn(OC(=O)CC(C)CC)cn1. The lowest BCUT2D eigenvalue weighted by molar-refractivity contribution is -0.145. The molecule has 1 atom stereocenters. The molecule has 0 radical (unpaired) electrons. The molecule has 0 aliphatic heterocycles. The Morgan fingerprint density at radius 2 is 2.33 bits per heavy atom. The zero-order chi connectivity index (χ0) is 11.3. The molecule has 1 aromatic heterocycles. The summed E-state index contributed by atoms with van der Waals surface area (Å²) >= 11 is 0. The Kier molecular flexibility index (Phi) is 4.34. The molecule has 0 amide bonds. The highest BCUT2D eigenvalue weighted by atomic mass is 16.7. The summed E-state index contributed by atoms with van der Waals surface area (Å²) in [4.78, 5) is 20.6. The van der Waals surface area contributed by atoms with Crippen molar-refractivity contribution in [1.82, 2.24) is 9.71 Å². The topological polar surface area (TPSA) is 44.1 Å². The third kappa shape index (κ3) is 3.73. The standard InChI is InChI=1S/C11H18N2O2/c1-4-9(3)6-11(14)15-13-7-10(5-2)12-8-13/h7-9H,4-6H2,1-3H3. The fraction of sp³-hybridized carbons (Fsp3) is 0.636. The van der Waals surface area contributed by atoms with Gasteiger partial charge in [0.2, 0.25) is 0 Å². The maximum Gasteiger partial charge on any atom is 0.333 e. The molecule has 4 nitrogen and oxygen atoms in total. The summed E-state index contributed by atoms with van der Waals surface area (Å²) in [5.41, 5.74) is 0.923. The summed E-state index contributed by atoms with van der Waals surface area (Å²) in [6, 6.07) is 0. The van der Waals surface area contributed by atoms with E-state index in [0.717, 1.165) is 18.5 Å². The van der Waals surface area contributed by atoms with Gasteiger partial charge in [-0.05, 0) is 12.3 Å². The molecule has 0 aliphatic carbocycles. The maximum absolute atomic E-state index is 11.4. The van der Waals surface area contributed by atoms with Crippen LogP contribution in [-0.4, -0.2) is 15.7 Å². The Morgan fingerprint density at radius 1 is 1.60 bits per heavy atom. The number of nitrogens with zero attached hydrogens (tertiary/aromatic N) is 2. The Balaban J connectivity index is 2.44. The van der Waals surface area contributed by atoms with E-state index in [1.807, 2.05) is 13.8 Å². The van der Waals surface area contributed by atoms with Crippen LogP contribution in [0, 0.1) is 5.92 Å². The molecule has 4 heteroatoms. The van der Waals surface area contributed by atoms with E-state index >= 15 is 0 Å². The number of aromatic nitrogens is 2. The predicted molar refractivity (Wildman–Crippen MR) is 57.3 cm³/mol. The smallest absolute Gasteiger partial charge is 0.333 e. The number of imidazole rings is 1. The van der Waals surface area contributed by atoms with Gasteiger partial charge in [-0.25, -0.2) is 9.78 Å². The summed E-state index contributed by atoms with van der Waals surface area (Å²) < 4.78 is 1.38. The second-order valence-corrected chi connectivity index (χ2v) is 3.76. The molecule has 0 bridgehead atoms. The fourth-order valence-corrected chi connectivity index (χ4v) is 1.16.